The highest BCUT2D eigenvalue weighted by Crippen LogP contribution is 2.27. The molecule has 0 heterocycles. The van der Waals surface area contributed by atoms with Crippen LogP contribution >= 0.6 is 0 Å². The third kappa shape index (κ3) is 1.70. The van der Waals surface area contributed by atoms with E-state index in [1.165, 1.54) is 5.57 Å². The molecule has 0 bridgehead atoms. The van der Waals surface area contributed by atoms with Gasteiger partial charge in [-0.3, -0.25) is 4.79 Å². The van der Waals surface area contributed by atoms with Gasteiger partial charge in [0.15, 0.2) is 5.78 Å². The van der Waals surface area contributed by atoms with E-state index in [1.54, 1.807) is 0 Å². The zero-order valence-corrected chi connectivity index (χ0v) is 7.55. The average Bonchev–Trinajstić information content (AvgIpc) is 1.97. The normalized spacial score (nSPS) is 31.9. The molecule has 0 aromatic carbocycles. The number of carbonyl (C=O) groups is 1. The molecule has 0 fully saturated rings. The molecular weight excluding hydrogens is 136 g/mol. The van der Waals surface area contributed by atoms with Crippen molar-refractivity contribution < 1.29 is 4.79 Å². The Morgan fingerprint density at radius 2 is 2.27 bits per heavy atom. The molecule has 0 amide bonds. The lowest BCUT2D eigenvalue weighted by Crippen LogP contribution is -2.20. The number of hydrogen-bond donors (Lipinski definition) is 0. The van der Waals surface area contributed by atoms with Crippen molar-refractivity contribution in [2.75, 3.05) is 0 Å². The zero-order chi connectivity index (χ0) is 8.43. The first-order valence-electron chi connectivity index (χ1n) is 4.37. The van der Waals surface area contributed by atoms with Gasteiger partial charge >= 0.3 is 0 Å². The molecule has 1 rings (SSSR count). The molecule has 0 radical (unpaired) electrons. The lowest BCUT2D eigenvalue weighted by Gasteiger charge is -2.23. The molecule has 0 N–H and O–H groups in total. The predicted octanol–water partition coefficient (Wildman–Crippen LogP) is 2.57. The van der Waals surface area contributed by atoms with Gasteiger partial charge in [0.1, 0.15) is 0 Å². The third-order valence-corrected chi connectivity index (χ3v) is 2.68. The van der Waals surface area contributed by atoms with E-state index in [-0.39, 0.29) is 0 Å². The summed E-state index contributed by atoms with van der Waals surface area (Å²) < 4.78 is 0. The minimum absolute atomic E-state index is 0.300. The Morgan fingerprint density at radius 1 is 1.64 bits per heavy atom. The Balaban J connectivity index is 2.75. The lowest BCUT2D eigenvalue weighted by molar-refractivity contribution is -0.119. The summed E-state index contributed by atoms with van der Waals surface area (Å²) in [5.74, 6) is 1.24. The number of carbonyl (C=O) groups excluding carboxylic acids is 1. The molecule has 0 aromatic rings. The molecule has 0 saturated heterocycles. The highest BCUT2D eigenvalue weighted by Gasteiger charge is 2.23. The van der Waals surface area contributed by atoms with Crippen molar-refractivity contribution in [2.24, 2.45) is 11.8 Å². The van der Waals surface area contributed by atoms with Crippen molar-refractivity contribution in [3.63, 3.8) is 0 Å². The minimum atomic E-state index is 0.300. The summed E-state index contributed by atoms with van der Waals surface area (Å²) >= 11 is 0. The Bertz CT molecular complexity index is 191. The number of hydrogen-bond acceptors (Lipinski definition) is 1. The van der Waals surface area contributed by atoms with Crippen molar-refractivity contribution in [2.45, 2.75) is 33.6 Å². The van der Waals surface area contributed by atoms with Crippen LogP contribution in [0, 0.1) is 11.8 Å². The van der Waals surface area contributed by atoms with E-state index in [0.29, 0.717) is 17.6 Å². The fraction of sp³-hybridized carbons (Fsp3) is 0.700. The summed E-state index contributed by atoms with van der Waals surface area (Å²) in [7, 11) is 0. The highest BCUT2D eigenvalue weighted by atomic mass is 16.1. The predicted molar refractivity (Wildman–Crippen MR) is 46.3 cm³/mol. The summed E-state index contributed by atoms with van der Waals surface area (Å²) in [5.41, 5.74) is 1.25. The maximum Gasteiger partial charge on any atom is 0.158 e. The first-order chi connectivity index (χ1) is 5.15. The molecule has 0 aliphatic heterocycles. The molecule has 2 unspecified atom stereocenters. The Kier molecular flexibility index (Phi) is 2.48. The van der Waals surface area contributed by atoms with Crippen LogP contribution in [0.25, 0.3) is 0 Å². The van der Waals surface area contributed by atoms with Crippen LogP contribution < -0.4 is 0 Å². The van der Waals surface area contributed by atoms with Gasteiger partial charge in [-0.1, -0.05) is 19.4 Å². The van der Waals surface area contributed by atoms with Crippen LogP contribution in [0.5, 0.6) is 0 Å². The van der Waals surface area contributed by atoms with Gasteiger partial charge in [-0.2, -0.15) is 0 Å². The fourth-order valence-electron chi connectivity index (χ4n) is 1.58. The molecule has 11 heavy (non-hydrogen) atoms. The van der Waals surface area contributed by atoms with Gasteiger partial charge in [0.2, 0.25) is 0 Å². The first kappa shape index (κ1) is 8.51. The van der Waals surface area contributed by atoms with Crippen LogP contribution in [0.15, 0.2) is 11.6 Å². The van der Waals surface area contributed by atoms with E-state index in [2.05, 4.69) is 20.8 Å². The van der Waals surface area contributed by atoms with Crippen LogP contribution in [-0.4, -0.2) is 5.78 Å². The van der Waals surface area contributed by atoms with Gasteiger partial charge in [-0.05, 0) is 31.8 Å². The second kappa shape index (κ2) is 3.21. The van der Waals surface area contributed by atoms with Crippen LogP contribution in [0.4, 0.5) is 0 Å². The summed E-state index contributed by atoms with van der Waals surface area (Å²) in [6, 6.07) is 0. The molecule has 0 saturated carbocycles. The SMILES string of the molecule is CCC1CC(C)C(C)=CC1=O. The van der Waals surface area contributed by atoms with Crippen LogP contribution in [0.2, 0.25) is 0 Å². The molecule has 1 aliphatic rings. The third-order valence-electron chi connectivity index (χ3n) is 2.68. The largest absolute Gasteiger partial charge is 0.295 e. The molecule has 0 spiro atoms. The van der Waals surface area contributed by atoms with Crippen molar-refractivity contribution in [1.82, 2.24) is 0 Å². The second-order valence-corrected chi connectivity index (χ2v) is 3.53. The van der Waals surface area contributed by atoms with Gasteiger partial charge in [0.05, 0.1) is 0 Å². The molecule has 1 aliphatic carbocycles. The van der Waals surface area contributed by atoms with E-state index < -0.39 is 0 Å². The van der Waals surface area contributed by atoms with Crippen LogP contribution in [-0.2, 0) is 4.79 Å². The maximum atomic E-state index is 11.3. The average molecular weight is 152 g/mol. The number of ketones is 1. The van der Waals surface area contributed by atoms with Crippen LogP contribution in [0.3, 0.4) is 0 Å². The van der Waals surface area contributed by atoms with E-state index in [0.717, 1.165) is 12.8 Å². The molecule has 1 heteroatoms. The standard InChI is InChI=1S/C10H16O/c1-4-9-5-7(2)8(3)6-10(9)11/h6-7,9H,4-5H2,1-3H3. The second-order valence-electron chi connectivity index (χ2n) is 3.53. The summed E-state index contributed by atoms with van der Waals surface area (Å²) in [5, 5.41) is 0. The number of rotatable bonds is 1. The summed E-state index contributed by atoms with van der Waals surface area (Å²) in [6.07, 6.45) is 3.87. The molecule has 2 atom stereocenters. The molecule has 1 nitrogen and oxygen atoms in total. The number of allylic oxidation sites excluding steroid dienone is 2. The van der Waals surface area contributed by atoms with Gasteiger partial charge in [-0.15, -0.1) is 0 Å². The van der Waals surface area contributed by atoms with Gasteiger partial charge in [-0.25, -0.2) is 0 Å². The summed E-state index contributed by atoms with van der Waals surface area (Å²) in [6.45, 7) is 6.33. The summed E-state index contributed by atoms with van der Waals surface area (Å²) in [4.78, 5) is 11.3. The van der Waals surface area contributed by atoms with Crippen molar-refractivity contribution in [3.8, 4) is 0 Å². The van der Waals surface area contributed by atoms with Gasteiger partial charge < -0.3 is 0 Å². The monoisotopic (exact) mass is 152 g/mol. The smallest absolute Gasteiger partial charge is 0.158 e. The Labute approximate surface area is 68.5 Å². The highest BCUT2D eigenvalue weighted by molar-refractivity contribution is 5.93. The molecular formula is C10H16O. The zero-order valence-electron chi connectivity index (χ0n) is 7.55. The van der Waals surface area contributed by atoms with Crippen molar-refractivity contribution in [3.05, 3.63) is 11.6 Å². The lowest BCUT2D eigenvalue weighted by atomic mass is 9.81. The van der Waals surface area contributed by atoms with Crippen molar-refractivity contribution in [1.29, 1.82) is 0 Å². The molecule has 0 aromatic heterocycles. The quantitative estimate of drug-likeness (QED) is 0.564. The van der Waals surface area contributed by atoms with E-state index >= 15 is 0 Å². The van der Waals surface area contributed by atoms with Crippen LogP contribution in [0.1, 0.15) is 33.6 Å². The fourth-order valence-corrected chi connectivity index (χ4v) is 1.58. The van der Waals surface area contributed by atoms with Gasteiger partial charge in [0.25, 0.3) is 0 Å². The first-order valence-corrected chi connectivity index (χ1v) is 4.37. The topological polar surface area (TPSA) is 17.1 Å². The maximum absolute atomic E-state index is 11.3. The van der Waals surface area contributed by atoms with Gasteiger partial charge in [0, 0.05) is 5.92 Å². The van der Waals surface area contributed by atoms with E-state index in [4.69, 9.17) is 0 Å². The van der Waals surface area contributed by atoms with Crippen molar-refractivity contribution >= 4 is 5.78 Å². The Morgan fingerprint density at radius 3 is 2.82 bits per heavy atom. The molecule has 62 valence electrons. The van der Waals surface area contributed by atoms with E-state index in [1.807, 2.05) is 6.08 Å². The minimum Gasteiger partial charge on any atom is -0.295 e. The van der Waals surface area contributed by atoms with E-state index in [9.17, 15) is 4.79 Å². The Hall–Kier alpha value is -0.590.